The number of nitrogens with zero attached hydrogens (tertiary/aromatic N) is 2. The van der Waals surface area contributed by atoms with E-state index in [1.165, 1.54) is 18.4 Å². The second-order valence-corrected chi connectivity index (χ2v) is 6.78. The number of rotatable bonds is 3. The first-order chi connectivity index (χ1) is 11.3. The SMILES string of the molecule is Clc1ccc(CN2CCCC(c3nc4ccccc4[nH]3)C2)cc1. The molecule has 1 aromatic heterocycles. The largest absolute Gasteiger partial charge is 0.342 e. The highest BCUT2D eigenvalue weighted by Crippen LogP contribution is 2.27. The molecule has 1 N–H and O–H groups in total. The predicted molar refractivity (Wildman–Crippen MR) is 94.8 cm³/mol. The maximum atomic E-state index is 5.97. The van der Waals surface area contributed by atoms with E-state index >= 15 is 0 Å². The number of likely N-dealkylation sites (tertiary alicyclic amines) is 1. The third-order valence-electron chi connectivity index (χ3n) is 4.62. The molecule has 2 heterocycles. The number of imidazole rings is 1. The molecule has 0 bridgehead atoms. The first-order valence-electron chi connectivity index (χ1n) is 8.19. The molecule has 4 heteroatoms. The zero-order chi connectivity index (χ0) is 15.6. The van der Waals surface area contributed by atoms with Gasteiger partial charge < -0.3 is 4.98 Å². The lowest BCUT2D eigenvalue weighted by Crippen LogP contribution is -2.34. The highest BCUT2D eigenvalue weighted by Gasteiger charge is 2.23. The number of benzene rings is 2. The van der Waals surface area contributed by atoms with Crippen molar-refractivity contribution < 1.29 is 0 Å². The van der Waals surface area contributed by atoms with E-state index in [9.17, 15) is 0 Å². The monoisotopic (exact) mass is 325 g/mol. The molecule has 118 valence electrons. The van der Waals surface area contributed by atoms with Crippen molar-refractivity contribution in [3.63, 3.8) is 0 Å². The Morgan fingerprint density at radius 3 is 2.78 bits per heavy atom. The van der Waals surface area contributed by atoms with Crippen molar-refractivity contribution in [3.05, 3.63) is 64.9 Å². The zero-order valence-electron chi connectivity index (χ0n) is 13.0. The number of nitrogens with one attached hydrogen (secondary N) is 1. The molecule has 0 saturated carbocycles. The van der Waals surface area contributed by atoms with E-state index in [0.717, 1.165) is 41.5 Å². The molecule has 4 rings (SSSR count). The summed E-state index contributed by atoms with van der Waals surface area (Å²) in [5, 5.41) is 0.799. The molecular weight excluding hydrogens is 306 g/mol. The number of fused-ring (bicyclic) bond motifs is 1. The van der Waals surface area contributed by atoms with E-state index in [1.54, 1.807) is 0 Å². The maximum absolute atomic E-state index is 5.97. The van der Waals surface area contributed by atoms with Gasteiger partial charge in [-0.15, -0.1) is 0 Å². The topological polar surface area (TPSA) is 31.9 Å². The number of hydrogen-bond acceptors (Lipinski definition) is 2. The summed E-state index contributed by atoms with van der Waals surface area (Å²) >= 11 is 5.97. The molecule has 23 heavy (non-hydrogen) atoms. The van der Waals surface area contributed by atoms with Crippen LogP contribution >= 0.6 is 11.6 Å². The summed E-state index contributed by atoms with van der Waals surface area (Å²) in [6.45, 7) is 3.19. The van der Waals surface area contributed by atoms with Crippen LogP contribution in [-0.4, -0.2) is 28.0 Å². The molecule has 0 radical (unpaired) electrons. The smallest absolute Gasteiger partial charge is 0.111 e. The first kappa shape index (κ1) is 14.7. The second kappa shape index (κ2) is 6.34. The fraction of sp³-hybridized carbons (Fsp3) is 0.316. The number of aromatic nitrogens is 2. The van der Waals surface area contributed by atoms with E-state index in [4.69, 9.17) is 16.6 Å². The average Bonchev–Trinajstić information content (AvgIpc) is 3.01. The lowest BCUT2D eigenvalue weighted by atomic mass is 9.97. The Balaban J connectivity index is 1.49. The zero-order valence-corrected chi connectivity index (χ0v) is 13.8. The fourth-order valence-corrected chi connectivity index (χ4v) is 3.56. The molecule has 3 aromatic rings. The molecule has 1 aliphatic heterocycles. The fourth-order valence-electron chi connectivity index (χ4n) is 3.44. The van der Waals surface area contributed by atoms with Crippen molar-refractivity contribution in [1.29, 1.82) is 0 Å². The average molecular weight is 326 g/mol. The van der Waals surface area contributed by atoms with Gasteiger partial charge in [0.15, 0.2) is 0 Å². The summed E-state index contributed by atoms with van der Waals surface area (Å²) in [6, 6.07) is 16.4. The van der Waals surface area contributed by atoms with Gasteiger partial charge in [0.2, 0.25) is 0 Å². The van der Waals surface area contributed by atoms with Gasteiger partial charge in [0, 0.05) is 24.0 Å². The standard InChI is InChI=1S/C19H20ClN3/c20-16-9-7-14(8-10-16)12-23-11-3-4-15(13-23)19-21-17-5-1-2-6-18(17)22-19/h1-2,5-10,15H,3-4,11-13H2,(H,21,22). The highest BCUT2D eigenvalue weighted by atomic mass is 35.5. The van der Waals surface area contributed by atoms with E-state index < -0.39 is 0 Å². The summed E-state index contributed by atoms with van der Waals surface area (Å²) < 4.78 is 0. The second-order valence-electron chi connectivity index (χ2n) is 6.34. The number of H-pyrrole nitrogens is 1. The summed E-state index contributed by atoms with van der Waals surface area (Å²) in [5.41, 5.74) is 3.52. The number of hydrogen-bond donors (Lipinski definition) is 1. The van der Waals surface area contributed by atoms with Crippen LogP contribution in [0.2, 0.25) is 5.02 Å². The molecule has 0 amide bonds. The summed E-state index contributed by atoms with van der Waals surface area (Å²) in [4.78, 5) is 10.8. The molecule has 1 saturated heterocycles. The molecule has 1 fully saturated rings. The summed E-state index contributed by atoms with van der Waals surface area (Å²) in [6.07, 6.45) is 2.42. The lowest BCUT2D eigenvalue weighted by Gasteiger charge is -2.31. The minimum atomic E-state index is 0.489. The van der Waals surface area contributed by atoms with Gasteiger partial charge in [-0.2, -0.15) is 0 Å². The van der Waals surface area contributed by atoms with Crippen LogP contribution in [0.25, 0.3) is 11.0 Å². The maximum Gasteiger partial charge on any atom is 0.111 e. The molecule has 3 nitrogen and oxygen atoms in total. The van der Waals surface area contributed by atoms with Gasteiger partial charge in [0.25, 0.3) is 0 Å². The number of para-hydroxylation sites is 2. The molecule has 0 spiro atoms. The van der Waals surface area contributed by atoms with Crippen LogP contribution in [0, 0.1) is 0 Å². The van der Waals surface area contributed by atoms with Crippen molar-refractivity contribution in [3.8, 4) is 0 Å². The third-order valence-corrected chi connectivity index (χ3v) is 4.87. The van der Waals surface area contributed by atoms with Crippen molar-refractivity contribution in [2.24, 2.45) is 0 Å². The van der Waals surface area contributed by atoms with Crippen LogP contribution < -0.4 is 0 Å². The van der Waals surface area contributed by atoms with E-state index in [2.05, 4.69) is 40.2 Å². The number of aromatic amines is 1. The lowest BCUT2D eigenvalue weighted by molar-refractivity contribution is 0.197. The van der Waals surface area contributed by atoms with Crippen molar-refractivity contribution in [2.75, 3.05) is 13.1 Å². The van der Waals surface area contributed by atoms with Crippen molar-refractivity contribution >= 4 is 22.6 Å². The van der Waals surface area contributed by atoms with Gasteiger partial charge >= 0.3 is 0 Å². The molecule has 1 atom stereocenters. The van der Waals surface area contributed by atoms with Crippen molar-refractivity contribution in [2.45, 2.75) is 25.3 Å². The van der Waals surface area contributed by atoms with E-state index in [1.807, 2.05) is 18.2 Å². The molecule has 2 aromatic carbocycles. The van der Waals surface area contributed by atoms with Crippen molar-refractivity contribution in [1.82, 2.24) is 14.9 Å². The van der Waals surface area contributed by atoms with Gasteiger partial charge in [-0.3, -0.25) is 4.90 Å². The Morgan fingerprint density at radius 2 is 1.96 bits per heavy atom. The van der Waals surface area contributed by atoms with Crippen LogP contribution in [-0.2, 0) is 6.54 Å². The van der Waals surface area contributed by atoms with E-state index in [-0.39, 0.29) is 0 Å². The van der Waals surface area contributed by atoms with Gasteiger partial charge in [0.1, 0.15) is 5.82 Å². The minimum absolute atomic E-state index is 0.489. The minimum Gasteiger partial charge on any atom is -0.342 e. The van der Waals surface area contributed by atoms with Gasteiger partial charge in [-0.25, -0.2) is 4.98 Å². The molecule has 1 aliphatic rings. The van der Waals surface area contributed by atoms with Gasteiger partial charge in [-0.1, -0.05) is 35.9 Å². The van der Waals surface area contributed by atoms with Crippen LogP contribution in [0.3, 0.4) is 0 Å². The Hall–Kier alpha value is -1.84. The molecular formula is C19H20ClN3. The Labute approximate surface area is 141 Å². The van der Waals surface area contributed by atoms with Crippen LogP contribution in [0.15, 0.2) is 48.5 Å². The first-order valence-corrected chi connectivity index (χ1v) is 8.57. The highest BCUT2D eigenvalue weighted by molar-refractivity contribution is 6.30. The van der Waals surface area contributed by atoms with Gasteiger partial charge in [0.05, 0.1) is 11.0 Å². The Morgan fingerprint density at radius 1 is 1.13 bits per heavy atom. The normalized spacial score (nSPS) is 19.3. The van der Waals surface area contributed by atoms with Crippen LogP contribution in [0.5, 0.6) is 0 Å². The Kier molecular flexibility index (Phi) is 4.06. The van der Waals surface area contributed by atoms with E-state index in [0.29, 0.717) is 5.92 Å². The summed E-state index contributed by atoms with van der Waals surface area (Å²) in [7, 11) is 0. The quantitative estimate of drug-likeness (QED) is 0.763. The number of piperidine rings is 1. The summed E-state index contributed by atoms with van der Waals surface area (Å²) in [5.74, 6) is 1.62. The number of halogens is 1. The third kappa shape index (κ3) is 3.26. The van der Waals surface area contributed by atoms with Crippen LogP contribution in [0.1, 0.15) is 30.1 Å². The van der Waals surface area contributed by atoms with Crippen LogP contribution in [0.4, 0.5) is 0 Å². The predicted octanol–water partition coefficient (Wildman–Crippen LogP) is 4.60. The van der Waals surface area contributed by atoms with Gasteiger partial charge in [-0.05, 0) is 49.2 Å². The molecule has 1 unspecified atom stereocenters. The molecule has 0 aliphatic carbocycles. The Bertz CT molecular complexity index is 761.